The largest absolute Gasteiger partial charge is 0.508 e. The van der Waals surface area contributed by atoms with Gasteiger partial charge in [0.05, 0.1) is 18.1 Å². The summed E-state index contributed by atoms with van der Waals surface area (Å²) in [5.41, 5.74) is 4.00. The van der Waals surface area contributed by atoms with Crippen LogP contribution in [0.3, 0.4) is 0 Å². The van der Waals surface area contributed by atoms with Gasteiger partial charge >= 0.3 is 11.9 Å². The highest BCUT2D eigenvalue weighted by molar-refractivity contribution is 5.93. The number of phenolic OH excluding ortho intramolecular Hbond substituents is 1. The summed E-state index contributed by atoms with van der Waals surface area (Å²) in [6, 6.07) is 2.82. The number of hydrazine groups is 1. The summed E-state index contributed by atoms with van der Waals surface area (Å²) in [7, 11) is 0. The molecule has 1 saturated heterocycles. The van der Waals surface area contributed by atoms with E-state index in [9.17, 15) is 44.1 Å². The van der Waals surface area contributed by atoms with Crippen LogP contribution in [0.4, 0.5) is 0 Å². The van der Waals surface area contributed by atoms with Crippen LogP contribution in [-0.4, -0.2) is 104 Å². The molecule has 3 rings (SSSR count). The molecular weight excluding hydrogens is 724 g/mol. The summed E-state index contributed by atoms with van der Waals surface area (Å²) in [6.07, 6.45) is 7.24. The lowest BCUT2D eigenvalue weighted by atomic mass is 9.84. The van der Waals surface area contributed by atoms with Crippen molar-refractivity contribution in [2.24, 2.45) is 17.8 Å². The number of carbonyl (C=O) groups is 6. The van der Waals surface area contributed by atoms with Gasteiger partial charge in [-0.3, -0.25) is 24.2 Å². The third-order valence-electron chi connectivity index (χ3n) is 9.85. The van der Waals surface area contributed by atoms with E-state index in [4.69, 9.17) is 9.84 Å². The number of ketones is 1. The summed E-state index contributed by atoms with van der Waals surface area (Å²) in [5.74, 6) is -6.66. The van der Waals surface area contributed by atoms with Crippen LogP contribution in [0.1, 0.15) is 72.3 Å². The molecule has 0 aromatic heterocycles. The minimum Gasteiger partial charge on any atom is -0.508 e. The number of rotatable bonds is 9. The number of fused-ring (bicyclic) bond motifs is 2. The molecule has 1 fully saturated rings. The SMILES string of the molecule is CC(=O)CCC1C(=O)NC(C(C)C)C(=O)NC(Cc2cccc(O)c2)C(=O)N2CCCC(N2)C(=O)OC(C(C)=CC=CC(=O)O)CC=CC=CC(O)C(C)C1O. The van der Waals surface area contributed by atoms with E-state index in [1.807, 2.05) is 0 Å². The van der Waals surface area contributed by atoms with Gasteiger partial charge in [0.2, 0.25) is 11.8 Å². The molecule has 0 saturated carbocycles. The van der Waals surface area contributed by atoms with Gasteiger partial charge in [-0.15, -0.1) is 0 Å². The number of ether oxygens (including phenoxy) is 1. The van der Waals surface area contributed by atoms with Crippen molar-refractivity contribution >= 4 is 35.4 Å². The normalized spacial score (nSPS) is 27.9. The average Bonchev–Trinajstić information content (AvgIpc) is 3.14. The Balaban J connectivity index is 2.08. The van der Waals surface area contributed by atoms with Gasteiger partial charge in [-0.05, 0) is 62.3 Å². The maximum atomic E-state index is 14.2. The summed E-state index contributed by atoms with van der Waals surface area (Å²) in [6.45, 7) is 8.16. The predicted molar refractivity (Wildman–Crippen MR) is 206 cm³/mol. The van der Waals surface area contributed by atoms with Crippen molar-refractivity contribution in [3.05, 3.63) is 77.9 Å². The van der Waals surface area contributed by atoms with Crippen molar-refractivity contribution in [2.75, 3.05) is 6.54 Å². The molecule has 1 aromatic rings. The highest BCUT2D eigenvalue weighted by Gasteiger charge is 2.38. The van der Waals surface area contributed by atoms with Gasteiger partial charge in [-0.1, -0.05) is 69.4 Å². The van der Waals surface area contributed by atoms with Crippen LogP contribution in [0.5, 0.6) is 5.75 Å². The molecule has 8 atom stereocenters. The van der Waals surface area contributed by atoms with Gasteiger partial charge in [0.15, 0.2) is 0 Å². The van der Waals surface area contributed by atoms with E-state index in [2.05, 4.69) is 16.1 Å². The number of phenols is 1. The number of benzene rings is 1. The molecule has 2 aliphatic heterocycles. The number of Topliss-reactive ketones (excluding diaryl/α,β-unsaturated/α-hetero) is 1. The Morgan fingerprint density at radius 1 is 1.05 bits per heavy atom. The fourth-order valence-corrected chi connectivity index (χ4v) is 6.44. The molecular formula is C41H56N4O11. The second-order valence-electron chi connectivity index (χ2n) is 14.7. The molecule has 0 spiro atoms. The molecule has 15 nitrogen and oxygen atoms in total. The molecule has 1 aromatic carbocycles. The van der Waals surface area contributed by atoms with Crippen LogP contribution in [0.25, 0.3) is 0 Å². The lowest BCUT2D eigenvalue weighted by Gasteiger charge is -2.36. The van der Waals surface area contributed by atoms with Crippen molar-refractivity contribution in [3.8, 4) is 5.75 Å². The maximum absolute atomic E-state index is 14.2. The average molecular weight is 781 g/mol. The number of carboxylic acids is 1. The molecule has 0 aliphatic carbocycles. The zero-order valence-electron chi connectivity index (χ0n) is 32.6. The molecule has 2 heterocycles. The van der Waals surface area contributed by atoms with E-state index in [-0.39, 0.29) is 43.8 Å². The van der Waals surface area contributed by atoms with E-state index < -0.39 is 83.9 Å². The van der Waals surface area contributed by atoms with E-state index in [1.54, 1.807) is 52.0 Å². The molecule has 56 heavy (non-hydrogen) atoms. The number of allylic oxidation sites excluding steroid dienone is 4. The number of aromatic hydroxyl groups is 1. The van der Waals surface area contributed by atoms with Crippen LogP contribution < -0.4 is 16.1 Å². The van der Waals surface area contributed by atoms with Crippen LogP contribution in [0.15, 0.2) is 72.4 Å². The summed E-state index contributed by atoms with van der Waals surface area (Å²) < 4.78 is 5.90. The summed E-state index contributed by atoms with van der Waals surface area (Å²) in [4.78, 5) is 78.7. The first-order valence-electron chi connectivity index (χ1n) is 18.9. The number of hydrogen-bond donors (Lipinski definition) is 7. The fourth-order valence-electron chi connectivity index (χ4n) is 6.44. The van der Waals surface area contributed by atoms with Gasteiger partial charge in [-0.2, -0.15) is 0 Å². The summed E-state index contributed by atoms with van der Waals surface area (Å²) in [5, 5.41) is 48.3. The first kappa shape index (κ1) is 45.3. The van der Waals surface area contributed by atoms with Gasteiger partial charge in [-0.25, -0.2) is 10.2 Å². The topological polar surface area (TPSA) is 232 Å². The molecule has 2 bridgehead atoms. The number of nitrogens with one attached hydrogen (secondary N) is 3. The maximum Gasteiger partial charge on any atom is 0.328 e. The standard InChI is InChI=1S/C41H56N4O11/c1-24(2)36-39(53)42-32(23-28-13-10-14-29(47)22-28)40(54)45-21-11-15-31(44-45)41(55)56-34(25(3)12-9-18-35(49)50)17-8-6-7-16-33(48)27(5)37(51)30(38(52)43-36)20-19-26(4)46/h6-10,12-14,16,18,22,24,27,30-34,36-37,44,47-48,51H,11,15,17,19-21,23H2,1-5H3,(H,42,53)(H,43,52)(H,49,50). The zero-order valence-corrected chi connectivity index (χ0v) is 32.6. The first-order chi connectivity index (χ1) is 26.5. The lowest BCUT2D eigenvalue weighted by Crippen LogP contribution is -2.62. The second kappa shape index (κ2) is 21.8. The number of nitrogens with zero attached hydrogens (tertiary/aromatic N) is 1. The van der Waals surface area contributed by atoms with Crippen molar-refractivity contribution in [1.82, 2.24) is 21.1 Å². The highest BCUT2D eigenvalue weighted by Crippen LogP contribution is 2.24. The Hall–Kier alpha value is -5.12. The molecule has 3 amide bonds. The Morgan fingerprint density at radius 2 is 1.79 bits per heavy atom. The number of aliphatic carboxylic acids is 1. The molecule has 0 radical (unpaired) electrons. The fraction of sp³-hybridized carbons (Fsp3) is 0.512. The number of cyclic esters (lactones) is 1. The first-order valence-corrected chi connectivity index (χ1v) is 18.9. The molecule has 15 heteroatoms. The van der Waals surface area contributed by atoms with Crippen molar-refractivity contribution in [1.29, 1.82) is 0 Å². The van der Waals surface area contributed by atoms with Crippen LogP contribution in [0, 0.1) is 17.8 Å². The van der Waals surface area contributed by atoms with E-state index in [1.165, 1.54) is 48.4 Å². The molecule has 2 aliphatic rings. The Labute approximate surface area is 327 Å². The third-order valence-corrected chi connectivity index (χ3v) is 9.85. The van der Waals surface area contributed by atoms with Crippen molar-refractivity contribution in [3.63, 3.8) is 0 Å². The van der Waals surface area contributed by atoms with Crippen LogP contribution in [-0.2, 0) is 39.9 Å². The van der Waals surface area contributed by atoms with E-state index in [0.717, 1.165) is 6.08 Å². The number of carboxylic acid groups (broad SMARTS) is 1. The van der Waals surface area contributed by atoms with Crippen molar-refractivity contribution in [2.45, 2.75) is 110 Å². The number of esters is 1. The lowest BCUT2D eigenvalue weighted by molar-refractivity contribution is -0.156. The smallest absolute Gasteiger partial charge is 0.328 e. The van der Waals surface area contributed by atoms with E-state index >= 15 is 0 Å². The Morgan fingerprint density at radius 3 is 2.45 bits per heavy atom. The van der Waals surface area contributed by atoms with E-state index in [0.29, 0.717) is 24.0 Å². The Kier molecular flexibility index (Phi) is 17.7. The molecule has 306 valence electrons. The number of hydrogen-bond acceptors (Lipinski definition) is 11. The Bertz CT molecular complexity index is 1690. The van der Waals surface area contributed by atoms with Crippen LogP contribution in [0.2, 0.25) is 0 Å². The quantitative estimate of drug-likeness (QED) is 0.109. The number of aliphatic hydroxyl groups excluding tert-OH is 2. The molecule has 7 N–H and O–H groups in total. The van der Waals surface area contributed by atoms with Crippen molar-refractivity contribution < 1.29 is 53.9 Å². The zero-order chi connectivity index (χ0) is 41.5. The van der Waals surface area contributed by atoms with Gasteiger partial charge in [0, 0.05) is 37.8 Å². The predicted octanol–water partition coefficient (Wildman–Crippen LogP) is 2.41. The summed E-state index contributed by atoms with van der Waals surface area (Å²) >= 11 is 0. The van der Waals surface area contributed by atoms with Gasteiger partial charge < -0.3 is 40.6 Å². The van der Waals surface area contributed by atoms with Gasteiger partial charge in [0.1, 0.15) is 35.8 Å². The minimum absolute atomic E-state index is 0.0366. The number of amides is 3. The number of aliphatic hydroxyl groups is 2. The van der Waals surface area contributed by atoms with Crippen LogP contribution >= 0.6 is 0 Å². The highest BCUT2D eigenvalue weighted by atomic mass is 16.5. The second-order valence-corrected chi connectivity index (χ2v) is 14.7. The minimum atomic E-state index is -1.43. The third kappa shape index (κ3) is 13.9. The van der Waals surface area contributed by atoms with Gasteiger partial charge in [0.25, 0.3) is 5.91 Å². The molecule has 8 unspecified atom stereocenters. The number of carbonyl (C=O) groups excluding carboxylic acids is 5. The monoisotopic (exact) mass is 780 g/mol.